The van der Waals surface area contributed by atoms with Crippen molar-refractivity contribution in [3.8, 4) is 79.4 Å². The first kappa shape index (κ1) is 43.8. The van der Waals surface area contributed by atoms with Crippen molar-refractivity contribution in [3.63, 3.8) is 0 Å². The topological polar surface area (TPSA) is 40.2 Å². The van der Waals surface area contributed by atoms with E-state index in [1.807, 2.05) is 6.07 Å². The van der Waals surface area contributed by atoms with Crippen LogP contribution in [0.3, 0.4) is 0 Å². The number of rotatable bonds is 4. The molecule has 0 amide bonds. The summed E-state index contributed by atoms with van der Waals surface area (Å²) in [6.07, 6.45) is 0. The smallest absolute Gasteiger partial charge is 0.256 e. The lowest BCUT2D eigenvalue weighted by Gasteiger charge is -2.44. The van der Waals surface area contributed by atoms with Crippen LogP contribution in [-0.2, 0) is 16.2 Å². The van der Waals surface area contributed by atoms with Gasteiger partial charge in [0.15, 0.2) is 0 Å². The molecular formula is C69H52BNO4. The molecule has 0 aromatic heterocycles. The number of anilines is 3. The summed E-state index contributed by atoms with van der Waals surface area (Å²) in [5, 5.41) is 0. The molecule has 5 heterocycles. The Hall–Kier alpha value is -8.74. The number of ether oxygens (including phenoxy) is 4. The maximum atomic E-state index is 7.48. The Morgan fingerprint density at radius 2 is 0.773 bits per heavy atom. The fraction of sp³-hybridized carbons (Fsp3) is 0.130. The molecule has 0 bridgehead atoms. The number of hydrogen-bond donors (Lipinski definition) is 0. The van der Waals surface area contributed by atoms with Crippen molar-refractivity contribution in [1.82, 2.24) is 0 Å². The fourth-order valence-corrected chi connectivity index (χ4v) is 13.1. The molecule has 10 aromatic carbocycles. The molecule has 0 unspecified atom stereocenters. The molecule has 0 atom stereocenters. The zero-order valence-electron chi connectivity index (χ0n) is 42.8. The number of fused-ring (bicyclic) bond motifs is 10. The van der Waals surface area contributed by atoms with E-state index in [1.54, 1.807) is 0 Å². The summed E-state index contributed by atoms with van der Waals surface area (Å²) in [6.45, 7) is 13.7. The van der Waals surface area contributed by atoms with E-state index < -0.39 is 0 Å². The molecule has 5 aliphatic heterocycles. The van der Waals surface area contributed by atoms with Crippen molar-refractivity contribution in [2.45, 2.75) is 57.8 Å². The first-order chi connectivity index (χ1) is 36.4. The molecular weight excluding hydrogens is 918 g/mol. The maximum Gasteiger partial charge on any atom is 0.256 e. The zero-order chi connectivity index (χ0) is 50.5. The van der Waals surface area contributed by atoms with Gasteiger partial charge in [0.05, 0.1) is 5.69 Å². The Kier molecular flexibility index (Phi) is 9.14. The molecule has 5 aliphatic rings. The lowest BCUT2D eigenvalue weighted by Crippen LogP contribution is -2.60. The maximum absolute atomic E-state index is 7.48. The predicted octanol–water partition coefficient (Wildman–Crippen LogP) is 16.4. The summed E-state index contributed by atoms with van der Waals surface area (Å²) in [5.41, 5.74) is 19.0. The third-order valence-electron chi connectivity index (χ3n) is 17.1. The molecule has 0 fully saturated rings. The Morgan fingerprint density at radius 1 is 0.307 bits per heavy atom. The molecule has 75 heavy (non-hydrogen) atoms. The minimum Gasteiger partial charge on any atom is -0.458 e. The minimum atomic E-state index is -0.373. The van der Waals surface area contributed by atoms with Crippen LogP contribution in [0.2, 0.25) is 0 Å². The van der Waals surface area contributed by atoms with Crippen LogP contribution in [-0.4, -0.2) is 6.71 Å². The van der Waals surface area contributed by atoms with Gasteiger partial charge in [-0.3, -0.25) is 0 Å². The second kappa shape index (κ2) is 15.6. The highest BCUT2D eigenvalue weighted by atomic mass is 16.5. The molecule has 0 saturated heterocycles. The van der Waals surface area contributed by atoms with E-state index in [-0.39, 0.29) is 23.0 Å². The van der Waals surface area contributed by atoms with Gasteiger partial charge in [0.2, 0.25) is 0 Å². The lowest BCUT2D eigenvalue weighted by atomic mass is 9.33. The molecule has 0 saturated carbocycles. The third-order valence-corrected chi connectivity index (χ3v) is 17.1. The highest BCUT2D eigenvalue weighted by Gasteiger charge is 2.48. The molecule has 0 radical (unpaired) electrons. The Balaban J connectivity index is 1.05. The Bertz CT molecular complexity index is 4010. The first-order valence-corrected chi connectivity index (χ1v) is 26.2. The summed E-state index contributed by atoms with van der Waals surface area (Å²) in [7, 11) is 0. The van der Waals surface area contributed by atoms with E-state index in [0.717, 1.165) is 135 Å². The highest BCUT2D eigenvalue weighted by Crippen LogP contribution is 2.56. The van der Waals surface area contributed by atoms with Gasteiger partial charge in [-0.2, -0.15) is 0 Å². The lowest BCUT2D eigenvalue weighted by molar-refractivity contribution is 0.412. The number of para-hydroxylation sites is 4. The summed E-state index contributed by atoms with van der Waals surface area (Å²) in [5.74, 6) is 6.78. The molecule has 6 heteroatoms. The number of nitrogens with zero attached hydrogens (tertiary/aromatic N) is 1. The largest absolute Gasteiger partial charge is 0.458 e. The standard InChI is InChI=1S/C69H52BNO4/c1-67(2)47-26-13-16-29-57(47)72-60-33-32-43(34-50(60)67)44-35-56-65-64(36-44)75-63-40-62-52(69(5,6)49-28-15-18-31-59(49)74-62)38-54(63)70(65)53-37-51-61(73-58-30-17-14-27-48(58)68(51,3)4)39-55(53)71(56)66-45(41-20-9-7-10-21-41)24-19-25-46(66)42-22-11-8-12-23-42/h7-40H,1-6H3. The third kappa shape index (κ3) is 6.32. The van der Waals surface area contributed by atoms with Crippen molar-refractivity contribution in [2.24, 2.45) is 0 Å². The molecule has 15 rings (SSSR count). The SMILES string of the molecule is CC1(C)c2ccccc2Oc2ccc(-c3cc4c5c(c3)N(c3c(-c6ccccc6)cccc3-c3ccccc3)c3cc6c(cc3B5c3cc5c(cc3O4)Oc3ccccc3C5(C)C)C(C)(C)c3ccccc3O6)cc21. The summed E-state index contributed by atoms with van der Waals surface area (Å²) in [6, 6.07) is 74.4. The zero-order valence-corrected chi connectivity index (χ0v) is 42.8. The molecule has 360 valence electrons. The first-order valence-electron chi connectivity index (χ1n) is 26.2. The van der Waals surface area contributed by atoms with Crippen LogP contribution >= 0.6 is 0 Å². The van der Waals surface area contributed by atoms with Crippen molar-refractivity contribution >= 4 is 40.2 Å². The van der Waals surface area contributed by atoms with E-state index in [4.69, 9.17) is 18.9 Å². The van der Waals surface area contributed by atoms with Crippen molar-refractivity contribution < 1.29 is 18.9 Å². The minimum absolute atomic E-state index is 0.230. The molecule has 0 N–H and O–H groups in total. The number of benzene rings is 10. The van der Waals surface area contributed by atoms with Crippen LogP contribution in [0.5, 0.6) is 46.0 Å². The highest BCUT2D eigenvalue weighted by molar-refractivity contribution is 6.99. The van der Waals surface area contributed by atoms with Crippen LogP contribution in [0.15, 0.2) is 206 Å². The van der Waals surface area contributed by atoms with E-state index in [1.165, 1.54) is 11.0 Å². The van der Waals surface area contributed by atoms with Gasteiger partial charge < -0.3 is 23.8 Å². The summed E-state index contributed by atoms with van der Waals surface area (Å²) >= 11 is 0. The van der Waals surface area contributed by atoms with Gasteiger partial charge in [0, 0.05) is 84.3 Å². The molecule has 10 aromatic rings. The van der Waals surface area contributed by atoms with E-state index >= 15 is 0 Å². The Labute approximate surface area is 438 Å². The van der Waals surface area contributed by atoms with Crippen LogP contribution < -0.4 is 40.2 Å². The normalized spacial score (nSPS) is 15.8. The van der Waals surface area contributed by atoms with E-state index in [0.29, 0.717) is 0 Å². The summed E-state index contributed by atoms with van der Waals surface area (Å²) < 4.78 is 28.1. The van der Waals surface area contributed by atoms with Crippen molar-refractivity contribution in [2.75, 3.05) is 4.90 Å². The monoisotopic (exact) mass is 969 g/mol. The van der Waals surface area contributed by atoms with Crippen LogP contribution in [0.25, 0.3) is 33.4 Å². The van der Waals surface area contributed by atoms with Crippen LogP contribution in [0, 0.1) is 0 Å². The van der Waals surface area contributed by atoms with E-state index in [2.05, 4.69) is 247 Å². The van der Waals surface area contributed by atoms with E-state index in [9.17, 15) is 0 Å². The number of hydrogen-bond acceptors (Lipinski definition) is 5. The van der Waals surface area contributed by atoms with Crippen molar-refractivity contribution in [3.05, 3.63) is 240 Å². The fourth-order valence-electron chi connectivity index (χ4n) is 13.1. The Morgan fingerprint density at radius 3 is 1.35 bits per heavy atom. The van der Waals surface area contributed by atoms with Crippen LogP contribution in [0.1, 0.15) is 74.9 Å². The quantitative estimate of drug-likeness (QED) is 0.164. The average molecular weight is 970 g/mol. The predicted molar refractivity (Wildman–Crippen MR) is 305 cm³/mol. The van der Waals surface area contributed by atoms with Gasteiger partial charge in [0.1, 0.15) is 46.0 Å². The van der Waals surface area contributed by atoms with Gasteiger partial charge in [-0.1, -0.05) is 193 Å². The summed E-state index contributed by atoms with van der Waals surface area (Å²) in [4.78, 5) is 2.54. The average Bonchev–Trinajstić information content (AvgIpc) is 3.52. The van der Waals surface area contributed by atoms with Gasteiger partial charge in [-0.05, 0) is 81.1 Å². The van der Waals surface area contributed by atoms with Gasteiger partial charge >= 0.3 is 0 Å². The van der Waals surface area contributed by atoms with Crippen LogP contribution in [0.4, 0.5) is 17.1 Å². The molecule has 0 aliphatic carbocycles. The van der Waals surface area contributed by atoms with Crippen molar-refractivity contribution in [1.29, 1.82) is 0 Å². The van der Waals surface area contributed by atoms with Gasteiger partial charge in [-0.15, -0.1) is 0 Å². The molecule has 0 spiro atoms. The van der Waals surface area contributed by atoms with Gasteiger partial charge in [0.25, 0.3) is 6.71 Å². The molecule has 5 nitrogen and oxygen atoms in total. The second-order valence-corrected chi connectivity index (χ2v) is 22.4. The van der Waals surface area contributed by atoms with Gasteiger partial charge in [-0.25, -0.2) is 0 Å². The second-order valence-electron chi connectivity index (χ2n) is 22.4.